The van der Waals surface area contributed by atoms with Gasteiger partial charge in [0.25, 0.3) is 0 Å². The third-order valence-corrected chi connectivity index (χ3v) is 6.66. The van der Waals surface area contributed by atoms with Gasteiger partial charge < -0.3 is 20.2 Å². The molecule has 0 bridgehead atoms. The molecule has 34 heavy (non-hydrogen) atoms. The van der Waals surface area contributed by atoms with Crippen molar-refractivity contribution in [2.75, 3.05) is 26.2 Å². The van der Waals surface area contributed by atoms with Crippen LogP contribution in [-0.2, 0) is 4.79 Å². The van der Waals surface area contributed by atoms with Crippen LogP contribution < -0.4 is 5.32 Å². The number of para-hydroxylation sites is 1. The number of amides is 2. The molecule has 0 saturated carbocycles. The van der Waals surface area contributed by atoms with E-state index < -0.39 is 12.0 Å². The largest absolute Gasteiger partial charge is 0.481 e. The van der Waals surface area contributed by atoms with E-state index in [1.54, 1.807) is 11.1 Å². The highest BCUT2D eigenvalue weighted by Crippen LogP contribution is 2.30. The van der Waals surface area contributed by atoms with Crippen molar-refractivity contribution in [2.45, 2.75) is 37.8 Å². The van der Waals surface area contributed by atoms with Crippen molar-refractivity contribution in [1.82, 2.24) is 20.1 Å². The molecule has 2 aromatic rings. The van der Waals surface area contributed by atoms with Crippen LogP contribution in [0.15, 0.2) is 65.3 Å². The molecule has 1 fully saturated rings. The van der Waals surface area contributed by atoms with Gasteiger partial charge in [0.2, 0.25) is 0 Å². The topological polar surface area (TPSA) is 98.1 Å². The van der Waals surface area contributed by atoms with E-state index in [2.05, 4.69) is 28.5 Å². The number of hydrogen-bond acceptors (Lipinski definition) is 5. The number of aliphatic carboxylic acids is 1. The summed E-state index contributed by atoms with van der Waals surface area (Å²) < 4.78 is 0. The number of nitrogens with zero attached hydrogens (tertiary/aromatic N) is 4. The molecule has 8 heteroatoms. The zero-order valence-electron chi connectivity index (χ0n) is 19.1. The van der Waals surface area contributed by atoms with Crippen LogP contribution >= 0.6 is 0 Å². The van der Waals surface area contributed by atoms with Gasteiger partial charge in [-0.05, 0) is 37.0 Å². The van der Waals surface area contributed by atoms with Gasteiger partial charge in [-0.2, -0.15) is 0 Å². The number of amidine groups is 1. The Bertz CT molecular complexity index is 1190. The Kier molecular flexibility index (Phi) is 6.29. The molecule has 2 N–H and O–H groups in total. The van der Waals surface area contributed by atoms with Crippen LogP contribution in [0.4, 0.5) is 4.79 Å². The quantitative estimate of drug-likeness (QED) is 0.629. The summed E-state index contributed by atoms with van der Waals surface area (Å²) in [6.07, 6.45) is 10.8. The van der Waals surface area contributed by atoms with Gasteiger partial charge in [0.15, 0.2) is 0 Å². The summed E-state index contributed by atoms with van der Waals surface area (Å²) in [6.45, 7) is 2.66. The first-order valence-corrected chi connectivity index (χ1v) is 11.9. The minimum absolute atomic E-state index is 0.107. The van der Waals surface area contributed by atoms with Crippen LogP contribution in [0.5, 0.6) is 0 Å². The number of aromatic nitrogens is 1. The maximum absolute atomic E-state index is 13.2. The number of urea groups is 1. The number of carbonyl (C=O) groups excluding carboxylic acids is 1. The summed E-state index contributed by atoms with van der Waals surface area (Å²) in [4.78, 5) is 37.6. The summed E-state index contributed by atoms with van der Waals surface area (Å²) in [5.41, 5.74) is 2.77. The van der Waals surface area contributed by atoms with Crippen molar-refractivity contribution in [1.29, 1.82) is 0 Å². The number of carboxylic acid groups (broad SMARTS) is 1. The number of fused-ring (bicyclic) bond motifs is 2. The van der Waals surface area contributed by atoms with Crippen LogP contribution in [0.25, 0.3) is 10.9 Å². The molecule has 1 aromatic heterocycles. The number of hydrogen-bond donors (Lipinski definition) is 2. The zero-order chi connectivity index (χ0) is 23.5. The van der Waals surface area contributed by atoms with Crippen molar-refractivity contribution in [3.05, 3.63) is 65.9 Å². The van der Waals surface area contributed by atoms with E-state index in [0.29, 0.717) is 19.6 Å². The lowest BCUT2D eigenvalue weighted by atomic mass is 10.0. The Morgan fingerprint density at radius 3 is 3.03 bits per heavy atom. The number of carbonyl (C=O) groups is 2. The molecule has 1 saturated heterocycles. The molecule has 2 atom stereocenters. The normalized spacial score (nSPS) is 20.6. The van der Waals surface area contributed by atoms with Gasteiger partial charge in [0.05, 0.1) is 24.0 Å². The average Bonchev–Trinajstić information content (AvgIpc) is 3.22. The minimum atomic E-state index is -0.933. The summed E-state index contributed by atoms with van der Waals surface area (Å²) in [6, 6.07) is 9.14. The predicted octanol–water partition coefficient (Wildman–Crippen LogP) is 3.53. The van der Waals surface area contributed by atoms with E-state index in [4.69, 9.17) is 4.99 Å². The summed E-state index contributed by atoms with van der Waals surface area (Å²) in [5.74, 6) is 0.0417. The van der Waals surface area contributed by atoms with Gasteiger partial charge in [-0.25, -0.2) is 4.79 Å². The predicted molar refractivity (Wildman–Crippen MR) is 131 cm³/mol. The second kappa shape index (κ2) is 9.67. The molecule has 0 spiro atoms. The van der Waals surface area contributed by atoms with Gasteiger partial charge in [-0.3, -0.25) is 14.8 Å². The Hall–Kier alpha value is -3.68. The van der Waals surface area contributed by atoms with Gasteiger partial charge >= 0.3 is 12.0 Å². The fourth-order valence-electron chi connectivity index (χ4n) is 4.90. The van der Waals surface area contributed by atoms with Crippen LogP contribution in [0.1, 0.15) is 37.3 Å². The lowest BCUT2D eigenvalue weighted by Gasteiger charge is -2.27. The molecule has 0 aliphatic carbocycles. The lowest BCUT2D eigenvalue weighted by molar-refractivity contribution is -0.138. The fraction of sp³-hybridized carbons (Fsp3) is 0.385. The van der Waals surface area contributed by atoms with E-state index in [-0.39, 0.29) is 18.5 Å². The molecular formula is C26H29N5O3. The molecule has 176 valence electrons. The molecular weight excluding hydrogens is 430 g/mol. The minimum Gasteiger partial charge on any atom is -0.481 e. The molecule has 3 aliphatic rings. The van der Waals surface area contributed by atoms with Crippen molar-refractivity contribution in [3.63, 3.8) is 0 Å². The molecule has 0 radical (unpaired) electrons. The molecule has 2 unspecified atom stereocenters. The Labute approximate surface area is 198 Å². The molecule has 8 nitrogen and oxygen atoms in total. The highest BCUT2D eigenvalue weighted by atomic mass is 16.4. The summed E-state index contributed by atoms with van der Waals surface area (Å²) in [7, 11) is 0. The number of pyridine rings is 1. The third kappa shape index (κ3) is 4.66. The van der Waals surface area contributed by atoms with Crippen LogP contribution in [0, 0.1) is 0 Å². The first-order chi connectivity index (χ1) is 16.6. The van der Waals surface area contributed by atoms with Gasteiger partial charge in [0, 0.05) is 43.3 Å². The smallest absolute Gasteiger partial charge is 0.320 e. The average molecular weight is 460 g/mol. The molecule has 2 amide bonds. The second-order valence-electron chi connectivity index (χ2n) is 8.96. The third-order valence-electron chi connectivity index (χ3n) is 6.66. The number of carboxylic acids is 1. The second-order valence-corrected chi connectivity index (χ2v) is 8.96. The maximum Gasteiger partial charge on any atom is 0.320 e. The first kappa shape index (κ1) is 22.1. The van der Waals surface area contributed by atoms with E-state index in [0.717, 1.165) is 48.1 Å². The molecule has 3 aliphatic heterocycles. The molecule has 5 rings (SSSR count). The van der Waals surface area contributed by atoms with Gasteiger partial charge in [-0.15, -0.1) is 0 Å². The summed E-state index contributed by atoms with van der Waals surface area (Å²) in [5, 5.41) is 13.8. The van der Waals surface area contributed by atoms with Crippen LogP contribution in [0.2, 0.25) is 0 Å². The Balaban J connectivity index is 1.23. The molecule has 1 aromatic carbocycles. The van der Waals surface area contributed by atoms with E-state index in [9.17, 15) is 14.7 Å². The van der Waals surface area contributed by atoms with Crippen LogP contribution in [-0.4, -0.2) is 69.9 Å². The summed E-state index contributed by atoms with van der Waals surface area (Å²) >= 11 is 0. The monoisotopic (exact) mass is 459 g/mol. The number of rotatable bonds is 8. The number of nitrogens with one attached hydrogen (secondary N) is 1. The van der Waals surface area contributed by atoms with Crippen molar-refractivity contribution < 1.29 is 14.7 Å². The van der Waals surface area contributed by atoms with E-state index >= 15 is 0 Å². The number of dihydropyridines is 1. The fourth-order valence-corrected chi connectivity index (χ4v) is 4.90. The van der Waals surface area contributed by atoms with Gasteiger partial charge in [-0.1, -0.05) is 36.4 Å². The van der Waals surface area contributed by atoms with E-state index in [1.807, 2.05) is 35.2 Å². The molecule has 4 heterocycles. The SMILES string of the molecule is O=C(O)CC(c1cnc2ccccc2c1)N1CCN(CCCC2C=CC3=CCCNC3=N2)C1=O. The number of benzene rings is 1. The lowest BCUT2D eigenvalue weighted by Crippen LogP contribution is -2.36. The maximum atomic E-state index is 13.2. The first-order valence-electron chi connectivity index (χ1n) is 11.9. The highest BCUT2D eigenvalue weighted by molar-refractivity contribution is 6.02. The standard InChI is InChI=1S/C26H29N5O3/c32-24(33)16-23(20-15-19-5-1-2-8-22(19)28-17-20)31-14-13-30(26(31)34)12-4-7-21-10-9-18-6-3-11-27-25(18)29-21/h1-2,5-6,8-10,15,17,21,23H,3-4,7,11-14,16H2,(H,27,29)(H,32,33). The number of aliphatic imine (C=N–C) groups is 1. The van der Waals surface area contributed by atoms with Crippen molar-refractivity contribution >= 4 is 28.7 Å². The van der Waals surface area contributed by atoms with Crippen molar-refractivity contribution in [2.24, 2.45) is 4.99 Å². The highest BCUT2D eigenvalue weighted by Gasteiger charge is 2.35. The Morgan fingerprint density at radius 1 is 1.26 bits per heavy atom. The Morgan fingerprint density at radius 2 is 2.15 bits per heavy atom. The van der Waals surface area contributed by atoms with E-state index in [1.165, 1.54) is 5.57 Å². The zero-order valence-corrected chi connectivity index (χ0v) is 19.1. The van der Waals surface area contributed by atoms with Gasteiger partial charge in [0.1, 0.15) is 5.84 Å². The van der Waals surface area contributed by atoms with Crippen molar-refractivity contribution in [3.8, 4) is 0 Å². The van der Waals surface area contributed by atoms with Crippen LogP contribution in [0.3, 0.4) is 0 Å².